The topological polar surface area (TPSA) is 46.3 Å². The summed E-state index contributed by atoms with van der Waals surface area (Å²) in [6.07, 6.45) is 4.38. The van der Waals surface area contributed by atoms with Crippen molar-refractivity contribution in [2.45, 2.75) is 44.6 Å². The predicted octanol–water partition coefficient (Wildman–Crippen LogP) is 2.36. The van der Waals surface area contributed by atoms with Gasteiger partial charge in [-0.1, -0.05) is 0 Å². The van der Waals surface area contributed by atoms with Crippen LogP contribution in [0.15, 0.2) is 11.4 Å². The molecule has 0 aromatic carbocycles. The lowest BCUT2D eigenvalue weighted by molar-refractivity contribution is -0.132. The van der Waals surface area contributed by atoms with Gasteiger partial charge in [0.15, 0.2) is 0 Å². The third-order valence-corrected chi connectivity index (χ3v) is 5.63. The van der Waals surface area contributed by atoms with Crippen molar-refractivity contribution in [1.82, 2.24) is 4.90 Å². The first-order chi connectivity index (χ1) is 9.16. The highest BCUT2D eigenvalue weighted by Crippen LogP contribution is 2.37. The molecule has 2 N–H and O–H groups in total. The predicted molar refractivity (Wildman–Crippen MR) is 78.3 cm³/mol. The van der Waals surface area contributed by atoms with Gasteiger partial charge >= 0.3 is 0 Å². The van der Waals surface area contributed by atoms with Crippen LogP contribution in [-0.4, -0.2) is 29.9 Å². The molecule has 3 nitrogen and oxygen atoms in total. The van der Waals surface area contributed by atoms with Gasteiger partial charge in [-0.25, -0.2) is 0 Å². The summed E-state index contributed by atoms with van der Waals surface area (Å²) in [6.45, 7) is 3.80. The van der Waals surface area contributed by atoms with Crippen LogP contribution in [0.4, 0.5) is 0 Å². The smallest absolute Gasteiger partial charge is 0.230 e. The Morgan fingerprint density at radius 1 is 1.53 bits per heavy atom. The number of nitrogens with two attached hydrogens (primary N) is 1. The first-order valence-corrected chi connectivity index (χ1v) is 8.15. The van der Waals surface area contributed by atoms with E-state index >= 15 is 0 Å². The molecular formula is C15H22N2OS. The van der Waals surface area contributed by atoms with E-state index in [1.165, 1.54) is 10.4 Å². The van der Waals surface area contributed by atoms with Crippen LogP contribution >= 0.6 is 11.3 Å². The molecule has 4 heteroatoms. The average Bonchev–Trinajstić information content (AvgIpc) is 3.06. The van der Waals surface area contributed by atoms with Crippen LogP contribution in [-0.2, 0) is 11.2 Å². The van der Waals surface area contributed by atoms with Crippen molar-refractivity contribution in [2.24, 2.45) is 11.7 Å². The van der Waals surface area contributed by atoms with Crippen molar-refractivity contribution in [2.75, 3.05) is 13.1 Å². The van der Waals surface area contributed by atoms with Crippen molar-refractivity contribution in [3.8, 4) is 0 Å². The molecule has 1 amide bonds. The molecule has 0 bridgehead atoms. The molecular weight excluding hydrogens is 256 g/mol. The van der Waals surface area contributed by atoms with Gasteiger partial charge in [0.05, 0.1) is 5.92 Å². The van der Waals surface area contributed by atoms with Gasteiger partial charge in [-0.2, -0.15) is 0 Å². The molecule has 0 spiro atoms. The van der Waals surface area contributed by atoms with E-state index in [9.17, 15) is 4.79 Å². The van der Waals surface area contributed by atoms with Crippen LogP contribution < -0.4 is 5.73 Å². The zero-order chi connectivity index (χ0) is 13.4. The van der Waals surface area contributed by atoms with Crippen LogP contribution in [0.25, 0.3) is 0 Å². The van der Waals surface area contributed by atoms with Gasteiger partial charge in [0.1, 0.15) is 0 Å². The number of hydrogen-bond donors (Lipinski definition) is 1. The van der Waals surface area contributed by atoms with E-state index in [0.717, 1.165) is 38.8 Å². The van der Waals surface area contributed by atoms with Gasteiger partial charge < -0.3 is 10.6 Å². The zero-order valence-electron chi connectivity index (χ0n) is 11.5. The first-order valence-electron chi connectivity index (χ1n) is 7.27. The molecule has 1 aliphatic heterocycles. The van der Waals surface area contributed by atoms with Gasteiger partial charge in [0.2, 0.25) is 5.91 Å². The lowest BCUT2D eigenvalue weighted by atomic mass is 9.87. The van der Waals surface area contributed by atoms with E-state index in [4.69, 9.17) is 5.73 Å². The van der Waals surface area contributed by atoms with E-state index in [0.29, 0.717) is 11.8 Å². The average molecular weight is 278 g/mol. The zero-order valence-corrected chi connectivity index (χ0v) is 12.3. The Bertz CT molecular complexity index is 468. The second-order valence-electron chi connectivity index (χ2n) is 5.94. The fourth-order valence-electron chi connectivity index (χ4n) is 3.38. The maximum absolute atomic E-state index is 12.7. The number of amides is 1. The molecule has 1 aromatic heterocycles. The monoisotopic (exact) mass is 278 g/mol. The van der Waals surface area contributed by atoms with Crippen molar-refractivity contribution < 1.29 is 4.79 Å². The molecule has 2 heterocycles. The Morgan fingerprint density at radius 3 is 3.11 bits per heavy atom. The van der Waals surface area contributed by atoms with E-state index in [2.05, 4.69) is 18.4 Å². The lowest BCUT2D eigenvalue weighted by Crippen LogP contribution is -2.36. The molecule has 0 radical (unpaired) electrons. The molecule has 1 aromatic rings. The minimum absolute atomic E-state index is 0.113. The number of likely N-dealkylation sites (tertiary alicyclic amines) is 1. The number of rotatable bonds is 2. The lowest BCUT2D eigenvalue weighted by Gasteiger charge is -2.27. The highest BCUT2D eigenvalue weighted by Gasteiger charge is 2.35. The Balaban J connectivity index is 1.73. The minimum Gasteiger partial charge on any atom is -0.342 e. The summed E-state index contributed by atoms with van der Waals surface area (Å²) in [4.78, 5) is 16.2. The largest absolute Gasteiger partial charge is 0.342 e. The second kappa shape index (κ2) is 5.25. The SMILES string of the molecule is CC(N)C1CCN(C(=O)C2CCCc3sccc32)C1. The maximum atomic E-state index is 12.7. The molecule has 1 saturated heterocycles. The van der Waals surface area contributed by atoms with Crippen LogP contribution in [0.1, 0.15) is 42.5 Å². The maximum Gasteiger partial charge on any atom is 0.230 e. The van der Waals surface area contributed by atoms with Crippen LogP contribution in [0, 0.1) is 5.92 Å². The normalized spacial score (nSPS) is 28.2. The fourth-order valence-corrected chi connectivity index (χ4v) is 4.37. The molecule has 104 valence electrons. The van der Waals surface area contributed by atoms with Gasteiger partial charge in [-0.3, -0.25) is 4.79 Å². The first kappa shape index (κ1) is 13.1. The van der Waals surface area contributed by atoms with Crippen LogP contribution in [0.5, 0.6) is 0 Å². The number of fused-ring (bicyclic) bond motifs is 1. The third kappa shape index (κ3) is 2.43. The Labute approximate surface area is 118 Å². The summed E-state index contributed by atoms with van der Waals surface area (Å²) in [5.41, 5.74) is 7.26. The van der Waals surface area contributed by atoms with Gasteiger partial charge in [0, 0.05) is 24.0 Å². The Morgan fingerprint density at radius 2 is 2.37 bits per heavy atom. The number of carbonyl (C=O) groups excluding carboxylic acids is 1. The molecule has 3 unspecified atom stereocenters. The van der Waals surface area contributed by atoms with Crippen LogP contribution in [0.2, 0.25) is 0 Å². The van der Waals surface area contributed by atoms with E-state index in [1.807, 2.05) is 4.90 Å². The van der Waals surface area contributed by atoms with Crippen molar-refractivity contribution in [1.29, 1.82) is 0 Å². The number of nitrogens with zero attached hydrogens (tertiary/aromatic N) is 1. The van der Waals surface area contributed by atoms with Crippen molar-refractivity contribution in [3.05, 3.63) is 21.9 Å². The van der Waals surface area contributed by atoms with Crippen LogP contribution in [0.3, 0.4) is 0 Å². The molecule has 1 fully saturated rings. The molecule has 19 heavy (non-hydrogen) atoms. The molecule has 2 aliphatic rings. The third-order valence-electron chi connectivity index (χ3n) is 4.63. The fraction of sp³-hybridized carbons (Fsp3) is 0.667. The molecule has 3 rings (SSSR count). The Hall–Kier alpha value is -0.870. The molecule has 1 aliphatic carbocycles. The summed E-state index contributed by atoms with van der Waals surface area (Å²) in [6, 6.07) is 2.35. The quantitative estimate of drug-likeness (QED) is 0.902. The molecule has 3 atom stereocenters. The summed E-state index contributed by atoms with van der Waals surface area (Å²) >= 11 is 1.80. The van der Waals surface area contributed by atoms with E-state index in [1.54, 1.807) is 11.3 Å². The highest BCUT2D eigenvalue weighted by molar-refractivity contribution is 7.10. The van der Waals surface area contributed by atoms with E-state index in [-0.39, 0.29) is 12.0 Å². The van der Waals surface area contributed by atoms with Gasteiger partial charge in [0.25, 0.3) is 0 Å². The number of hydrogen-bond acceptors (Lipinski definition) is 3. The molecule has 0 saturated carbocycles. The summed E-state index contributed by atoms with van der Waals surface area (Å²) in [7, 11) is 0. The minimum atomic E-state index is 0.113. The number of thiophene rings is 1. The summed E-state index contributed by atoms with van der Waals surface area (Å²) < 4.78 is 0. The summed E-state index contributed by atoms with van der Waals surface area (Å²) in [5, 5.41) is 2.13. The standard InChI is InChI=1S/C15H22N2OS/c1-10(16)11-5-7-17(9-11)15(18)13-3-2-4-14-12(13)6-8-19-14/h6,8,10-11,13H,2-5,7,9,16H2,1H3. The number of carbonyl (C=O) groups is 1. The second-order valence-corrected chi connectivity index (χ2v) is 6.94. The number of aryl methyl sites for hydroxylation is 1. The Kier molecular flexibility index (Phi) is 3.63. The van der Waals surface area contributed by atoms with Gasteiger partial charge in [-0.05, 0) is 55.5 Å². The summed E-state index contributed by atoms with van der Waals surface area (Å²) in [5.74, 6) is 0.929. The van der Waals surface area contributed by atoms with Crippen molar-refractivity contribution >= 4 is 17.2 Å². The highest BCUT2D eigenvalue weighted by atomic mass is 32.1. The van der Waals surface area contributed by atoms with Crippen molar-refractivity contribution in [3.63, 3.8) is 0 Å². The van der Waals surface area contributed by atoms with E-state index < -0.39 is 0 Å². The van der Waals surface area contributed by atoms with Gasteiger partial charge in [-0.15, -0.1) is 11.3 Å².